The molecular weight excluding hydrogens is 368 g/mol. The Hall–Kier alpha value is -3.09. The van der Waals surface area contributed by atoms with Gasteiger partial charge >= 0.3 is 0 Å². The molecule has 1 fully saturated rings. The van der Waals surface area contributed by atoms with E-state index >= 15 is 0 Å². The lowest BCUT2D eigenvalue weighted by molar-refractivity contribution is 0.0626. The van der Waals surface area contributed by atoms with Crippen molar-refractivity contribution < 1.29 is 13.9 Å². The topological polar surface area (TPSA) is 73.4 Å². The van der Waals surface area contributed by atoms with E-state index in [0.29, 0.717) is 24.4 Å². The lowest BCUT2D eigenvalue weighted by atomic mass is 9.81. The minimum Gasteiger partial charge on any atom is -0.497 e. The van der Waals surface area contributed by atoms with Crippen LogP contribution in [0.5, 0.6) is 5.75 Å². The Morgan fingerprint density at radius 2 is 2.21 bits per heavy atom. The van der Waals surface area contributed by atoms with Crippen LogP contribution in [0, 0.1) is 0 Å². The van der Waals surface area contributed by atoms with Crippen molar-refractivity contribution >= 4 is 5.91 Å². The Balaban J connectivity index is 1.49. The zero-order valence-electron chi connectivity index (χ0n) is 17.1. The summed E-state index contributed by atoms with van der Waals surface area (Å²) in [5, 5.41) is 4.11. The number of hydrogen-bond acceptors (Lipinski definition) is 5. The molecule has 0 bridgehead atoms. The van der Waals surface area contributed by atoms with Crippen molar-refractivity contribution in [3.63, 3.8) is 0 Å². The van der Waals surface area contributed by atoms with Gasteiger partial charge in [-0.3, -0.25) is 9.48 Å². The molecule has 3 aromatic rings. The van der Waals surface area contributed by atoms with Gasteiger partial charge in [-0.1, -0.05) is 12.1 Å². The number of piperidine rings is 1. The Morgan fingerprint density at radius 1 is 1.34 bits per heavy atom. The van der Waals surface area contributed by atoms with Crippen LogP contribution in [-0.4, -0.2) is 45.8 Å². The number of likely N-dealkylation sites (tertiary alicyclic amines) is 1. The average molecular weight is 394 g/mol. The van der Waals surface area contributed by atoms with Crippen LogP contribution < -0.4 is 4.74 Å². The number of hydrogen-bond donors (Lipinski definition) is 0. The summed E-state index contributed by atoms with van der Waals surface area (Å²) in [6.45, 7) is 3.44. The minimum absolute atomic E-state index is 0.00665. The fourth-order valence-corrected chi connectivity index (χ4v) is 3.95. The van der Waals surface area contributed by atoms with Crippen LogP contribution >= 0.6 is 0 Å². The Bertz CT molecular complexity index is 1010. The summed E-state index contributed by atoms with van der Waals surface area (Å²) in [7, 11) is 3.47. The summed E-state index contributed by atoms with van der Waals surface area (Å²) in [6.07, 6.45) is 7.66. The summed E-state index contributed by atoms with van der Waals surface area (Å²) >= 11 is 0. The number of methoxy groups -OCH3 is 1. The molecule has 1 atom stereocenters. The average Bonchev–Trinajstić information content (AvgIpc) is 3.37. The maximum Gasteiger partial charge on any atom is 0.257 e. The Morgan fingerprint density at radius 3 is 2.97 bits per heavy atom. The normalized spacial score (nSPS) is 19.3. The molecule has 1 aliphatic rings. The van der Waals surface area contributed by atoms with Gasteiger partial charge in [0.25, 0.3) is 5.91 Å². The maximum atomic E-state index is 12.8. The number of rotatable bonds is 5. The van der Waals surface area contributed by atoms with Gasteiger partial charge in [0.1, 0.15) is 11.5 Å². The monoisotopic (exact) mass is 394 g/mol. The van der Waals surface area contributed by atoms with Crippen molar-refractivity contribution in [3.05, 3.63) is 65.6 Å². The van der Waals surface area contributed by atoms with Crippen molar-refractivity contribution in [2.24, 2.45) is 7.05 Å². The molecule has 0 radical (unpaired) electrons. The van der Waals surface area contributed by atoms with Gasteiger partial charge in [-0.25, -0.2) is 4.98 Å². The highest BCUT2D eigenvalue weighted by molar-refractivity contribution is 5.93. The predicted octanol–water partition coefficient (Wildman–Crippen LogP) is 3.20. The third kappa shape index (κ3) is 4.04. The fraction of sp³-hybridized carbons (Fsp3) is 0.409. The van der Waals surface area contributed by atoms with Crippen molar-refractivity contribution in [2.45, 2.75) is 31.6 Å². The van der Waals surface area contributed by atoms with Gasteiger partial charge in [0.2, 0.25) is 5.89 Å². The van der Waals surface area contributed by atoms with Gasteiger partial charge in [-0.2, -0.15) is 5.10 Å². The molecule has 0 aliphatic carbocycles. The number of carbonyl (C=O) groups is 1. The highest BCUT2D eigenvalue weighted by Gasteiger charge is 2.38. The number of aryl methyl sites for hydroxylation is 1. The number of ether oxygens (including phenoxy) is 1. The van der Waals surface area contributed by atoms with Crippen LogP contribution in [-0.2, 0) is 18.9 Å². The molecule has 7 nitrogen and oxygen atoms in total. The fourth-order valence-electron chi connectivity index (χ4n) is 3.95. The van der Waals surface area contributed by atoms with E-state index in [0.717, 1.165) is 36.5 Å². The first-order valence-corrected chi connectivity index (χ1v) is 9.83. The summed E-state index contributed by atoms with van der Waals surface area (Å²) in [5.74, 6) is 2.34. The van der Waals surface area contributed by atoms with Gasteiger partial charge in [0.15, 0.2) is 0 Å². The van der Waals surface area contributed by atoms with E-state index in [1.54, 1.807) is 30.4 Å². The Kier molecular flexibility index (Phi) is 5.13. The number of carbonyl (C=O) groups excluding carboxylic acids is 1. The van der Waals surface area contributed by atoms with Crippen molar-refractivity contribution in [1.29, 1.82) is 0 Å². The summed E-state index contributed by atoms with van der Waals surface area (Å²) in [4.78, 5) is 19.3. The van der Waals surface area contributed by atoms with E-state index in [-0.39, 0.29) is 11.3 Å². The molecule has 1 aromatic carbocycles. The van der Waals surface area contributed by atoms with E-state index in [2.05, 4.69) is 17.0 Å². The molecule has 29 heavy (non-hydrogen) atoms. The minimum atomic E-state index is -0.303. The first-order valence-electron chi connectivity index (χ1n) is 9.83. The molecule has 3 heterocycles. The molecule has 4 rings (SSSR count). The van der Waals surface area contributed by atoms with Gasteiger partial charge < -0.3 is 14.1 Å². The largest absolute Gasteiger partial charge is 0.497 e. The summed E-state index contributed by atoms with van der Waals surface area (Å²) in [6, 6.07) is 7.93. The van der Waals surface area contributed by atoms with Gasteiger partial charge in [0, 0.05) is 32.8 Å². The highest BCUT2D eigenvalue weighted by atomic mass is 16.5. The number of aromatic nitrogens is 3. The second kappa shape index (κ2) is 7.73. The quantitative estimate of drug-likeness (QED) is 0.664. The zero-order chi connectivity index (χ0) is 20.4. The number of nitrogens with zero attached hydrogens (tertiary/aromatic N) is 4. The molecule has 1 unspecified atom stereocenters. The number of benzene rings is 1. The third-order valence-corrected chi connectivity index (χ3v) is 5.52. The van der Waals surface area contributed by atoms with Crippen molar-refractivity contribution in [1.82, 2.24) is 19.7 Å². The molecule has 1 saturated heterocycles. The molecule has 1 amide bonds. The molecule has 0 spiro atoms. The van der Waals surface area contributed by atoms with Crippen LogP contribution in [0.25, 0.3) is 0 Å². The van der Waals surface area contributed by atoms with E-state index in [9.17, 15) is 4.79 Å². The van der Waals surface area contributed by atoms with E-state index in [1.807, 2.05) is 36.2 Å². The van der Waals surface area contributed by atoms with Crippen LogP contribution in [0.3, 0.4) is 0 Å². The predicted molar refractivity (Wildman–Crippen MR) is 108 cm³/mol. The van der Waals surface area contributed by atoms with Crippen LogP contribution in [0.15, 0.2) is 47.3 Å². The van der Waals surface area contributed by atoms with Gasteiger partial charge in [-0.15, -0.1) is 0 Å². The molecule has 1 aliphatic heterocycles. The lowest BCUT2D eigenvalue weighted by Crippen LogP contribution is -2.47. The zero-order valence-corrected chi connectivity index (χ0v) is 17.1. The molecule has 0 N–H and O–H groups in total. The molecule has 7 heteroatoms. The maximum absolute atomic E-state index is 12.8. The summed E-state index contributed by atoms with van der Waals surface area (Å²) < 4.78 is 13.1. The van der Waals surface area contributed by atoms with Gasteiger partial charge in [0.05, 0.1) is 30.5 Å². The van der Waals surface area contributed by atoms with E-state index in [4.69, 9.17) is 9.15 Å². The SMILES string of the molecule is COc1cccc(Cc2cnc(C3(C)CCCN(C(=O)c4cnn(C)c4)C3)o2)c1. The number of oxazole rings is 1. The molecule has 152 valence electrons. The standard InChI is InChI=1S/C22H26N4O3/c1-22(8-5-9-26(15-22)20(27)17-12-24-25(2)14-17)21-23-13-19(29-21)11-16-6-4-7-18(10-16)28-3/h4,6-7,10,12-14H,5,8-9,11,15H2,1-3H3. The summed E-state index contributed by atoms with van der Waals surface area (Å²) in [5.41, 5.74) is 1.42. The molecule has 2 aromatic heterocycles. The van der Waals surface area contributed by atoms with E-state index < -0.39 is 0 Å². The van der Waals surface area contributed by atoms with Gasteiger partial charge in [-0.05, 0) is 37.5 Å². The first-order chi connectivity index (χ1) is 14.0. The Labute approximate surface area is 170 Å². The van der Waals surface area contributed by atoms with E-state index in [1.165, 1.54) is 0 Å². The molecular formula is C22H26N4O3. The smallest absolute Gasteiger partial charge is 0.257 e. The molecule has 0 saturated carbocycles. The number of amides is 1. The van der Waals surface area contributed by atoms with Crippen LogP contribution in [0.1, 0.15) is 47.3 Å². The lowest BCUT2D eigenvalue weighted by Gasteiger charge is -2.38. The third-order valence-electron chi connectivity index (χ3n) is 5.52. The van der Waals surface area contributed by atoms with Crippen molar-refractivity contribution in [2.75, 3.05) is 20.2 Å². The second-order valence-electron chi connectivity index (χ2n) is 7.95. The second-order valence-corrected chi connectivity index (χ2v) is 7.95. The first kappa shape index (κ1) is 19.2. The highest BCUT2D eigenvalue weighted by Crippen LogP contribution is 2.34. The van der Waals surface area contributed by atoms with Crippen LogP contribution in [0.4, 0.5) is 0 Å². The van der Waals surface area contributed by atoms with Crippen LogP contribution in [0.2, 0.25) is 0 Å². The van der Waals surface area contributed by atoms with Crippen molar-refractivity contribution in [3.8, 4) is 5.75 Å².